The molecule has 1 aromatic heterocycles. The van der Waals surface area contributed by atoms with Gasteiger partial charge in [-0.05, 0) is 25.0 Å². The average molecular weight is 294 g/mol. The molecule has 108 valence electrons. The van der Waals surface area contributed by atoms with Crippen LogP contribution in [0.3, 0.4) is 0 Å². The number of anilines is 1. The Balaban J connectivity index is 2.44. The minimum absolute atomic E-state index is 0.0655. The van der Waals surface area contributed by atoms with E-state index in [9.17, 15) is 8.42 Å². The van der Waals surface area contributed by atoms with Crippen molar-refractivity contribution in [3.05, 3.63) is 41.2 Å². The summed E-state index contributed by atoms with van der Waals surface area (Å²) in [6.45, 7) is 3.70. The van der Waals surface area contributed by atoms with E-state index in [0.717, 1.165) is 12.0 Å². The lowest BCUT2D eigenvalue weighted by molar-refractivity contribution is 0.599. The van der Waals surface area contributed by atoms with Crippen molar-refractivity contribution in [3.8, 4) is 0 Å². The number of nitrogens with zero attached hydrogens (tertiary/aromatic N) is 1. The van der Waals surface area contributed by atoms with Gasteiger partial charge < -0.3 is 5.73 Å². The van der Waals surface area contributed by atoms with Crippen LogP contribution < -0.4 is 10.5 Å². The van der Waals surface area contributed by atoms with Gasteiger partial charge in [0.25, 0.3) is 10.0 Å². The van der Waals surface area contributed by atoms with Gasteiger partial charge in [-0.3, -0.25) is 9.82 Å². The molecule has 20 heavy (non-hydrogen) atoms. The Bertz CT molecular complexity index is 707. The van der Waals surface area contributed by atoms with E-state index in [1.807, 2.05) is 19.1 Å². The smallest absolute Gasteiger partial charge is 0.265 e. The third-order valence-electron chi connectivity index (χ3n) is 3.07. The highest BCUT2D eigenvalue weighted by atomic mass is 32.2. The van der Waals surface area contributed by atoms with Crippen LogP contribution in [0.1, 0.15) is 23.9 Å². The van der Waals surface area contributed by atoms with Crippen molar-refractivity contribution >= 4 is 15.7 Å². The predicted molar refractivity (Wildman–Crippen MR) is 77.8 cm³/mol. The van der Waals surface area contributed by atoms with Gasteiger partial charge in [-0.1, -0.05) is 25.1 Å². The first kappa shape index (κ1) is 14.5. The number of rotatable bonds is 5. The van der Waals surface area contributed by atoms with E-state index in [1.54, 1.807) is 19.1 Å². The highest BCUT2D eigenvalue weighted by Gasteiger charge is 2.24. The van der Waals surface area contributed by atoms with Crippen LogP contribution in [-0.2, 0) is 23.0 Å². The molecule has 6 nitrogen and oxygen atoms in total. The molecule has 0 fully saturated rings. The number of aromatic amines is 1. The summed E-state index contributed by atoms with van der Waals surface area (Å²) in [6.07, 6.45) is 0.743. The van der Waals surface area contributed by atoms with Crippen LogP contribution in [0.5, 0.6) is 0 Å². The van der Waals surface area contributed by atoms with Gasteiger partial charge in [-0.25, -0.2) is 8.42 Å². The molecule has 2 aromatic rings. The Morgan fingerprint density at radius 3 is 2.70 bits per heavy atom. The second-order valence-corrected chi connectivity index (χ2v) is 6.06. The van der Waals surface area contributed by atoms with Gasteiger partial charge in [0.2, 0.25) is 0 Å². The Hall–Kier alpha value is -1.86. The van der Waals surface area contributed by atoms with E-state index in [-0.39, 0.29) is 11.4 Å². The number of benzene rings is 1. The quantitative estimate of drug-likeness (QED) is 0.778. The fourth-order valence-electron chi connectivity index (χ4n) is 2.09. The maximum absolute atomic E-state index is 12.5. The standard InChI is InChI=1S/C13H18N4O2S/c1-3-10-6-4-5-7-11(10)17-20(18,19)13-9(2)15-16-12(13)8-14/h4-7,17H,3,8,14H2,1-2H3,(H,15,16). The zero-order valence-corrected chi connectivity index (χ0v) is 12.3. The molecule has 0 aliphatic carbocycles. The molecule has 0 bridgehead atoms. The molecule has 0 atom stereocenters. The Morgan fingerprint density at radius 2 is 2.05 bits per heavy atom. The first-order valence-corrected chi connectivity index (χ1v) is 7.82. The fraction of sp³-hybridized carbons (Fsp3) is 0.308. The van der Waals surface area contributed by atoms with Crippen LogP contribution in [-0.4, -0.2) is 18.6 Å². The number of hydrogen-bond donors (Lipinski definition) is 3. The van der Waals surface area contributed by atoms with E-state index >= 15 is 0 Å². The van der Waals surface area contributed by atoms with Gasteiger partial charge in [-0.2, -0.15) is 5.10 Å². The van der Waals surface area contributed by atoms with E-state index in [1.165, 1.54) is 0 Å². The topological polar surface area (TPSA) is 101 Å². The van der Waals surface area contributed by atoms with E-state index in [4.69, 9.17) is 5.73 Å². The van der Waals surface area contributed by atoms with Crippen LogP contribution in [0.25, 0.3) is 0 Å². The summed E-state index contributed by atoms with van der Waals surface area (Å²) in [4.78, 5) is 0.130. The molecule has 2 rings (SSSR count). The lowest BCUT2D eigenvalue weighted by Crippen LogP contribution is -2.17. The summed E-state index contributed by atoms with van der Waals surface area (Å²) in [6, 6.07) is 7.31. The summed E-state index contributed by atoms with van der Waals surface area (Å²) in [7, 11) is -3.70. The van der Waals surface area contributed by atoms with Gasteiger partial charge in [0.05, 0.1) is 17.1 Å². The van der Waals surface area contributed by atoms with Crippen molar-refractivity contribution in [3.63, 3.8) is 0 Å². The van der Waals surface area contributed by atoms with Gasteiger partial charge in [-0.15, -0.1) is 0 Å². The number of hydrogen-bond acceptors (Lipinski definition) is 4. The molecule has 0 unspecified atom stereocenters. The first-order valence-electron chi connectivity index (χ1n) is 6.34. The third kappa shape index (κ3) is 2.68. The maximum atomic E-state index is 12.5. The molecule has 1 heterocycles. The number of para-hydroxylation sites is 1. The Labute approximate surface area is 118 Å². The highest BCUT2D eigenvalue weighted by molar-refractivity contribution is 7.92. The van der Waals surface area contributed by atoms with Crippen LogP contribution in [0.2, 0.25) is 0 Å². The lowest BCUT2D eigenvalue weighted by atomic mass is 10.1. The Kier molecular flexibility index (Phi) is 4.10. The van der Waals surface area contributed by atoms with Crippen molar-refractivity contribution in [1.29, 1.82) is 0 Å². The molecule has 0 aliphatic heterocycles. The molecule has 0 saturated carbocycles. The average Bonchev–Trinajstić information content (AvgIpc) is 2.81. The minimum atomic E-state index is -3.70. The van der Waals surface area contributed by atoms with Gasteiger partial charge >= 0.3 is 0 Å². The third-order valence-corrected chi connectivity index (χ3v) is 4.63. The zero-order valence-electron chi connectivity index (χ0n) is 11.5. The molecule has 0 saturated heterocycles. The van der Waals surface area contributed by atoms with Crippen LogP contribution >= 0.6 is 0 Å². The molecule has 0 spiro atoms. The van der Waals surface area contributed by atoms with Gasteiger partial charge in [0.15, 0.2) is 0 Å². The van der Waals surface area contributed by atoms with E-state index in [0.29, 0.717) is 17.1 Å². The zero-order chi connectivity index (χ0) is 14.8. The number of aryl methyl sites for hydroxylation is 2. The van der Waals surface area contributed by atoms with Crippen LogP contribution in [0.15, 0.2) is 29.2 Å². The van der Waals surface area contributed by atoms with Crippen molar-refractivity contribution in [2.24, 2.45) is 5.73 Å². The van der Waals surface area contributed by atoms with Crippen LogP contribution in [0, 0.1) is 6.92 Å². The second kappa shape index (κ2) is 5.64. The number of sulfonamides is 1. The highest BCUT2D eigenvalue weighted by Crippen LogP contribution is 2.23. The molecule has 7 heteroatoms. The van der Waals surface area contributed by atoms with Gasteiger partial charge in [0.1, 0.15) is 4.90 Å². The van der Waals surface area contributed by atoms with Crippen molar-refractivity contribution < 1.29 is 8.42 Å². The summed E-state index contributed by atoms with van der Waals surface area (Å²) < 4.78 is 27.6. The number of aromatic nitrogens is 2. The molecular weight excluding hydrogens is 276 g/mol. The second-order valence-electron chi connectivity index (χ2n) is 4.44. The molecule has 1 aromatic carbocycles. The summed E-state index contributed by atoms with van der Waals surface area (Å²) in [5.74, 6) is 0. The summed E-state index contributed by atoms with van der Waals surface area (Å²) >= 11 is 0. The minimum Gasteiger partial charge on any atom is -0.325 e. The van der Waals surface area contributed by atoms with Crippen molar-refractivity contribution in [2.45, 2.75) is 31.7 Å². The SMILES string of the molecule is CCc1ccccc1NS(=O)(=O)c1c(CN)n[nH]c1C. The number of nitrogens with two attached hydrogens (primary N) is 1. The monoisotopic (exact) mass is 294 g/mol. The molecule has 0 aliphatic rings. The van der Waals surface area contributed by atoms with Crippen molar-refractivity contribution in [1.82, 2.24) is 10.2 Å². The normalized spacial score (nSPS) is 11.6. The fourth-order valence-corrected chi connectivity index (χ4v) is 3.57. The molecule has 0 amide bonds. The Morgan fingerprint density at radius 1 is 1.35 bits per heavy atom. The largest absolute Gasteiger partial charge is 0.325 e. The van der Waals surface area contributed by atoms with Crippen molar-refractivity contribution in [2.75, 3.05) is 4.72 Å². The van der Waals surface area contributed by atoms with Gasteiger partial charge in [0, 0.05) is 6.54 Å². The molecule has 4 N–H and O–H groups in total. The molecule has 0 radical (unpaired) electrons. The number of H-pyrrole nitrogens is 1. The van der Waals surface area contributed by atoms with E-state index in [2.05, 4.69) is 14.9 Å². The maximum Gasteiger partial charge on any atom is 0.265 e. The lowest BCUT2D eigenvalue weighted by Gasteiger charge is -2.12. The van der Waals surface area contributed by atoms with Crippen LogP contribution in [0.4, 0.5) is 5.69 Å². The molecular formula is C13H18N4O2S. The first-order chi connectivity index (χ1) is 9.49. The summed E-state index contributed by atoms with van der Waals surface area (Å²) in [5, 5.41) is 6.58. The predicted octanol–water partition coefficient (Wildman–Crippen LogP) is 1.54. The number of nitrogens with one attached hydrogen (secondary N) is 2. The summed E-state index contributed by atoms with van der Waals surface area (Å²) in [5.41, 5.74) is 7.87. The van der Waals surface area contributed by atoms with E-state index < -0.39 is 10.0 Å².